The van der Waals surface area contributed by atoms with Gasteiger partial charge in [0.1, 0.15) is 5.75 Å². The first kappa shape index (κ1) is 19.6. The minimum Gasteiger partial charge on any atom is -0.481 e. The van der Waals surface area contributed by atoms with E-state index in [9.17, 15) is 13.2 Å². The highest BCUT2D eigenvalue weighted by Gasteiger charge is 2.17. The van der Waals surface area contributed by atoms with Crippen LogP contribution >= 0.6 is 0 Å². The number of amides is 1. The first-order chi connectivity index (χ1) is 11.9. The van der Waals surface area contributed by atoms with Crippen LogP contribution in [0.1, 0.15) is 6.92 Å². The van der Waals surface area contributed by atoms with E-state index >= 15 is 0 Å². The Morgan fingerprint density at radius 2 is 1.92 bits per heavy atom. The maximum absolute atomic E-state index is 12.3. The summed E-state index contributed by atoms with van der Waals surface area (Å²) in [5.74, 6) is 0.185. The molecule has 0 bridgehead atoms. The van der Waals surface area contributed by atoms with Gasteiger partial charge in [-0.05, 0) is 31.2 Å². The first-order valence-corrected chi connectivity index (χ1v) is 9.69. The molecule has 25 heavy (non-hydrogen) atoms. The molecule has 8 nitrogen and oxygen atoms in total. The van der Waals surface area contributed by atoms with Gasteiger partial charge in [0.2, 0.25) is 10.0 Å². The molecule has 0 unspecified atom stereocenters. The fraction of sp³-hybridized carbons (Fsp3) is 0.562. The van der Waals surface area contributed by atoms with Crippen LogP contribution in [-0.4, -0.2) is 71.8 Å². The van der Waals surface area contributed by atoms with E-state index in [1.54, 1.807) is 6.92 Å². The molecule has 0 aliphatic carbocycles. The van der Waals surface area contributed by atoms with Gasteiger partial charge in [0.05, 0.1) is 18.1 Å². The predicted octanol–water partition coefficient (Wildman–Crippen LogP) is -0.190. The van der Waals surface area contributed by atoms with Crippen LogP contribution in [0.15, 0.2) is 29.2 Å². The lowest BCUT2D eigenvalue weighted by Crippen LogP contribution is -2.41. The number of benzene rings is 1. The zero-order valence-corrected chi connectivity index (χ0v) is 15.3. The van der Waals surface area contributed by atoms with E-state index < -0.39 is 16.1 Å². The van der Waals surface area contributed by atoms with Crippen molar-refractivity contribution in [2.24, 2.45) is 0 Å². The van der Waals surface area contributed by atoms with Crippen molar-refractivity contribution < 1.29 is 22.7 Å². The van der Waals surface area contributed by atoms with Crippen molar-refractivity contribution in [1.82, 2.24) is 14.9 Å². The molecule has 0 saturated carbocycles. The second kappa shape index (κ2) is 9.14. The maximum atomic E-state index is 12.3. The molecule has 140 valence electrons. The second-order valence-electron chi connectivity index (χ2n) is 5.70. The van der Waals surface area contributed by atoms with Crippen molar-refractivity contribution in [2.45, 2.75) is 17.9 Å². The first-order valence-electron chi connectivity index (χ1n) is 8.20. The Balaban J connectivity index is 1.87. The van der Waals surface area contributed by atoms with Crippen molar-refractivity contribution in [3.63, 3.8) is 0 Å². The van der Waals surface area contributed by atoms with Crippen molar-refractivity contribution >= 4 is 15.9 Å². The van der Waals surface area contributed by atoms with Gasteiger partial charge in [-0.2, -0.15) is 0 Å². The zero-order chi connectivity index (χ0) is 18.3. The third kappa shape index (κ3) is 5.96. The summed E-state index contributed by atoms with van der Waals surface area (Å²) < 4.78 is 37.9. The van der Waals surface area contributed by atoms with Crippen molar-refractivity contribution in [1.29, 1.82) is 0 Å². The number of nitrogens with one attached hydrogen (secondary N) is 2. The number of hydrogen-bond donors (Lipinski definition) is 2. The molecule has 1 amide bonds. The van der Waals surface area contributed by atoms with Gasteiger partial charge in [-0.25, -0.2) is 13.1 Å². The van der Waals surface area contributed by atoms with E-state index in [1.165, 1.54) is 31.3 Å². The molecule has 1 fully saturated rings. The fourth-order valence-electron chi connectivity index (χ4n) is 2.40. The summed E-state index contributed by atoms with van der Waals surface area (Å²) in [4.78, 5) is 13.8. The highest BCUT2D eigenvalue weighted by molar-refractivity contribution is 7.89. The number of ether oxygens (including phenoxy) is 2. The highest BCUT2D eigenvalue weighted by atomic mass is 32.2. The number of likely N-dealkylation sites (N-methyl/N-ethyl adjacent to an activating group) is 1. The largest absolute Gasteiger partial charge is 0.481 e. The lowest BCUT2D eigenvalue weighted by Gasteiger charge is -2.26. The summed E-state index contributed by atoms with van der Waals surface area (Å²) in [6.07, 6.45) is -0.654. The summed E-state index contributed by atoms with van der Waals surface area (Å²) in [5.41, 5.74) is 0. The maximum Gasteiger partial charge on any atom is 0.260 e. The van der Waals surface area contributed by atoms with E-state index in [-0.39, 0.29) is 10.8 Å². The molecular formula is C16H25N3O5S. The van der Waals surface area contributed by atoms with Gasteiger partial charge in [0.15, 0.2) is 6.10 Å². The number of rotatable bonds is 8. The molecular weight excluding hydrogens is 346 g/mol. The molecule has 1 atom stereocenters. The van der Waals surface area contributed by atoms with Crippen molar-refractivity contribution in [2.75, 3.05) is 46.4 Å². The Morgan fingerprint density at radius 3 is 2.52 bits per heavy atom. The fourth-order valence-corrected chi connectivity index (χ4v) is 3.43. The van der Waals surface area contributed by atoms with Crippen molar-refractivity contribution in [3.05, 3.63) is 24.3 Å². The third-order valence-corrected chi connectivity index (χ3v) is 5.36. The molecule has 0 radical (unpaired) electrons. The minimum atomic E-state index is -3.57. The van der Waals surface area contributed by atoms with E-state index in [0.29, 0.717) is 32.1 Å². The van der Waals surface area contributed by atoms with Gasteiger partial charge in [0.25, 0.3) is 5.91 Å². The quantitative estimate of drug-likeness (QED) is 0.658. The standard InChI is InChI=1S/C16H25N3O5S/c1-13(16(20)17-2)24-14-3-5-15(6-4-14)25(21,22)18-7-8-19-9-11-23-12-10-19/h3-6,13,18H,7-12H2,1-2H3,(H,17,20)/t13-/m1/s1. The molecule has 1 aliphatic heterocycles. The number of morpholine rings is 1. The lowest BCUT2D eigenvalue weighted by molar-refractivity contribution is -0.126. The van der Waals surface area contributed by atoms with E-state index in [1.807, 2.05) is 0 Å². The minimum absolute atomic E-state index is 0.162. The molecule has 0 spiro atoms. The Morgan fingerprint density at radius 1 is 1.28 bits per heavy atom. The van der Waals surface area contributed by atoms with Gasteiger partial charge in [-0.15, -0.1) is 0 Å². The summed E-state index contributed by atoms with van der Waals surface area (Å²) >= 11 is 0. The van der Waals surface area contributed by atoms with Crippen LogP contribution in [-0.2, 0) is 19.6 Å². The number of nitrogens with zero attached hydrogens (tertiary/aromatic N) is 1. The van der Waals surface area contributed by atoms with Crippen molar-refractivity contribution in [3.8, 4) is 5.75 Å². The summed E-state index contributed by atoms with van der Waals surface area (Å²) in [6, 6.07) is 6.00. The summed E-state index contributed by atoms with van der Waals surface area (Å²) in [6.45, 7) is 5.61. The highest BCUT2D eigenvalue weighted by Crippen LogP contribution is 2.17. The topological polar surface area (TPSA) is 97.0 Å². The van der Waals surface area contributed by atoms with Crippen LogP contribution in [0.2, 0.25) is 0 Å². The molecule has 2 N–H and O–H groups in total. The monoisotopic (exact) mass is 371 g/mol. The van der Waals surface area contributed by atoms with Gasteiger partial charge < -0.3 is 14.8 Å². The number of carbonyl (C=O) groups is 1. The van der Waals surface area contributed by atoms with Crippen LogP contribution in [0.4, 0.5) is 0 Å². The molecule has 2 rings (SSSR count). The summed E-state index contributed by atoms with van der Waals surface area (Å²) in [7, 11) is -2.04. The Kier molecular flexibility index (Phi) is 7.18. The number of carbonyl (C=O) groups excluding carboxylic acids is 1. The molecule has 0 aromatic heterocycles. The predicted molar refractivity (Wildman–Crippen MR) is 93.0 cm³/mol. The average Bonchev–Trinajstić information content (AvgIpc) is 2.62. The van der Waals surface area contributed by atoms with Gasteiger partial charge in [-0.3, -0.25) is 9.69 Å². The molecule has 1 aromatic rings. The normalized spacial score (nSPS) is 17.0. The molecule has 9 heteroatoms. The Labute approximate surface area is 148 Å². The van der Waals surface area contributed by atoms with E-state index in [0.717, 1.165) is 13.1 Å². The number of sulfonamides is 1. The Bertz CT molecular complexity index is 657. The molecule has 1 heterocycles. The average molecular weight is 371 g/mol. The SMILES string of the molecule is CNC(=O)[C@@H](C)Oc1ccc(S(=O)(=O)NCCN2CCOCC2)cc1. The van der Waals surface area contributed by atoms with Crippen LogP contribution < -0.4 is 14.8 Å². The van der Waals surface area contributed by atoms with Gasteiger partial charge >= 0.3 is 0 Å². The van der Waals surface area contributed by atoms with Crippen LogP contribution in [0.3, 0.4) is 0 Å². The summed E-state index contributed by atoms with van der Waals surface area (Å²) in [5, 5.41) is 2.49. The Hall–Kier alpha value is -1.68. The second-order valence-corrected chi connectivity index (χ2v) is 7.46. The molecule has 1 saturated heterocycles. The van der Waals surface area contributed by atoms with Crippen LogP contribution in [0.5, 0.6) is 5.75 Å². The smallest absolute Gasteiger partial charge is 0.260 e. The van der Waals surface area contributed by atoms with E-state index in [4.69, 9.17) is 9.47 Å². The molecule has 1 aliphatic rings. The van der Waals surface area contributed by atoms with Gasteiger partial charge in [0, 0.05) is 33.2 Å². The zero-order valence-electron chi connectivity index (χ0n) is 14.5. The number of hydrogen-bond acceptors (Lipinski definition) is 6. The van der Waals surface area contributed by atoms with E-state index in [2.05, 4.69) is 14.9 Å². The van der Waals surface area contributed by atoms with Crippen LogP contribution in [0.25, 0.3) is 0 Å². The van der Waals surface area contributed by atoms with Gasteiger partial charge in [-0.1, -0.05) is 0 Å². The molecule has 1 aromatic carbocycles. The van der Waals surface area contributed by atoms with Crippen LogP contribution in [0, 0.1) is 0 Å². The lowest BCUT2D eigenvalue weighted by atomic mass is 10.3. The third-order valence-electron chi connectivity index (χ3n) is 3.89.